The summed E-state index contributed by atoms with van der Waals surface area (Å²) in [6.45, 7) is 1.60. The predicted molar refractivity (Wildman–Crippen MR) is 128 cm³/mol. The van der Waals surface area contributed by atoms with E-state index in [1.54, 1.807) is 17.5 Å². The standard InChI is InChI=1S/C23H24N4O3S2/c1-32(29,30)27-16-23(19-4-2-3-5-20(19)27)10-13-26(14-11-23)22(28)25-18-8-6-17(7-9-18)21-24-12-15-31-21/h2-9,12,15H,10-11,13-14,16H2,1H3,(H,25,28). The topological polar surface area (TPSA) is 82.6 Å². The van der Waals surface area contributed by atoms with Crippen LogP contribution in [-0.4, -0.2) is 50.2 Å². The largest absolute Gasteiger partial charge is 0.324 e. The molecule has 5 rings (SSSR count). The Morgan fingerprint density at radius 3 is 2.47 bits per heavy atom. The van der Waals surface area contributed by atoms with E-state index in [9.17, 15) is 13.2 Å². The van der Waals surface area contributed by atoms with Gasteiger partial charge in [-0.05, 0) is 48.7 Å². The van der Waals surface area contributed by atoms with Gasteiger partial charge < -0.3 is 10.2 Å². The molecule has 3 heterocycles. The minimum atomic E-state index is -3.35. The lowest BCUT2D eigenvalue weighted by molar-refractivity contribution is 0.173. The number of amides is 2. The summed E-state index contributed by atoms with van der Waals surface area (Å²) >= 11 is 1.58. The maximum absolute atomic E-state index is 12.9. The summed E-state index contributed by atoms with van der Waals surface area (Å²) in [6, 6.07) is 15.3. The number of benzene rings is 2. The summed E-state index contributed by atoms with van der Waals surface area (Å²) in [5.41, 5.74) is 3.36. The zero-order chi connectivity index (χ0) is 22.3. The normalized spacial score (nSPS) is 17.4. The van der Waals surface area contributed by atoms with Crippen LogP contribution in [0.15, 0.2) is 60.1 Å². The van der Waals surface area contributed by atoms with Gasteiger partial charge in [0.2, 0.25) is 10.0 Å². The van der Waals surface area contributed by atoms with Crippen LogP contribution >= 0.6 is 11.3 Å². The fraction of sp³-hybridized carbons (Fsp3) is 0.304. The molecule has 1 N–H and O–H groups in total. The third-order valence-corrected chi connectivity index (χ3v) is 8.36. The van der Waals surface area contributed by atoms with Gasteiger partial charge >= 0.3 is 6.03 Å². The molecule has 1 saturated heterocycles. The van der Waals surface area contributed by atoms with Crippen molar-refractivity contribution in [2.75, 3.05) is 35.5 Å². The number of rotatable bonds is 3. The smallest absolute Gasteiger partial charge is 0.321 e. The summed E-state index contributed by atoms with van der Waals surface area (Å²) in [7, 11) is -3.35. The van der Waals surface area contributed by atoms with Gasteiger partial charge in [0.05, 0.1) is 11.9 Å². The Balaban J connectivity index is 1.26. The molecule has 7 nitrogen and oxygen atoms in total. The van der Waals surface area contributed by atoms with Crippen LogP contribution in [0.5, 0.6) is 0 Å². The second-order valence-corrected chi connectivity index (χ2v) is 11.2. The average molecular weight is 469 g/mol. The Morgan fingerprint density at radius 1 is 1.09 bits per heavy atom. The van der Waals surface area contributed by atoms with Crippen molar-refractivity contribution in [1.29, 1.82) is 0 Å². The maximum Gasteiger partial charge on any atom is 0.321 e. The lowest BCUT2D eigenvalue weighted by Gasteiger charge is -2.39. The number of urea groups is 1. The summed E-state index contributed by atoms with van der Waals surface area (Å²) < 4.78 is 26.2. The minimum absolute atomic E-state index is 0.131. The molecule has 166 valence electrons. The predicted octanol–water partition coefficient (Wildman–Crippen LogP) is 4.16. The van der Waals surface area contributed by atoms with E-state index in [1.807, 2.05) is 58.8 Å². The number of thiazole rings is 1. The zero-order valence-electron chi connectivity index (χ0n) is 17.7. The van der Waals surface area contributed by atoms with E-state index >= 15 is 0 Å². The first-order valence-corrected chi connectivity index (χ1v) is 13.2. The Kier molecular flexibility index (Phi) is 5.17. The highest BCUT2D eigenvalue weighted by Crippen LogP contribution is 2.47. The molecule has 3 aromatic rings. The number of carbonyl (C=O) groups is 1. The highest BCUT2D eigenvalue weighted by Gasteiger charge is 2.47. The monoisotopic (exact) mass is 468 g/mol. The number of piperidine rings is 1. The molecule has 1 spiro atoms. The van der Waals surface area contributed by atoms with Gasteiger partial charge in [0.1, 0.15) is 5.01 Å². The molecule has 32 heavy (non-hydrogen) atoms. The van der Waals surface area contributed by atoms with E-state index in [0.29, 0.717) is 19.6 Å². The molecule has 0 saturated carbocycles. The van der Waals surface area contributed by atoms with Crippen molar-refractivity contribution in [3.05, 3.63) is 65.7 Å². The van der Waals surface area contributed by atoms with Crippen molar-refractivity contribution in [1.82, 2.24) is 9.88 Å². The number of carbonyl (C=O) groups excluding carboxylic acids is 1. The number of hydrogen-bond acceptors (Lipinski definition) is 5. The van der Waals surface area contributed by atoms with Crippen molar-refractivity contribution >= 4 is 38.8 Å². The van der Waals surface area contributed by atoms with Gasteiger partial charge in [0.15, 0.2) is 0 Å². The molecule has 9 heteroatoms. The van der Waals surface area contributed by atoms with Crippen molar-refractivity contribution in [3.8, 4) is 10.6 Å². The van der Waals surface area contributed by atoms with E-state index in [1.165, 1.54) is 10.6 Å². The third kappa shape index (κ3) is 3.75. The van der Waals surface area contributed by atoms with Crippen LogP contribution in [0.1, 0.15) is 18.4 Å². The van der Waals surface area contributed by atoms with Crippen LogP contribution < -0.4 is 9.62 Å². The summed E-state index contributed by atoms with van der Waals surface area (Å²) in [6.07, 6.45) is 4.49. The van der Waals surface area contributed by atoms with Crippen LogP contribution in [0.2, 0.25) is 0 Å². The first kappa shape index (κ1) is 21.0. The van der Waals surface area contributed by atoms with E-state index in [0.717, 1.165) is 40.4 Å². The van der Waals surface area contributed by atoms with Crippen LogP contribution in [0, 0.1) is 0 Å². The molecule has 1 aromatic heterocycles. The average Bonchev–Trinajstić information content (AvgIpc) is 3.42. The molecular weight excluding hydrogens is 444 g/mol. The quantitative estimate of drug-likeness (QED) is 0.626. The molecular formula is C23H24N4O3S2. The number of hydrogen-bond donors (Lipinski definition) is 1. The Labute approximate surface area is 191 Å². The first-order valence-electron chi connectivity index (χ1n) is 10.5. The number of likely N-dealkylation sites (tertiary alicyclic amines) is 1. The van der Waals surface area contributed by atoms with Crippen molar-refractivity contribution in [2.24, 2.45) is 0 Å². The Bertz CT molecular complexity index is 1230. The van der Waals surface area contributed by atoms with Gasteiger partial charge in [-0.25, -0.2) is 18.2 Å². The van der Waals surface area contributed by atoms with E-state index in [-0.39, 0.29) is 11.4 Å². The van der Waals surface area contributed by atoms with Crippen molar-refractivity contribution in [3.63, 3.8) is 0 Å². The minimum Gasteiger partial charge on any atom is -0.324 e. The lowest BCUT2D eigenvalue weighted by atomic mass is 9.74. The van der Waals surface area contributed by atoms with Gasteiger partial charge in [0, 0.05) is 47.9 Å². The number of sulfonamides is 1. The first-order chi connectivity index (χ1) is 15.4. The van der Waals surface area contributed by atoms with Crippen molar-refractivity contribution < 1.29 is 13.2 Å². The van der Waals surface area contributed by atoms with Crippen LogP contribution in [-0.2, 0) is 15.4 Å². The molecule has 2 aliphatic heterocycles. The highest BCUT2D eigenvalue weighted by molar-refractivity contribution is 7.92. The highest BCUT2D eigenvalue weighted by atomic mass is 32.2. The number of anilines is 2. The van der Waals surface area contributed by atoms with E-state index in [4.69, 9.17) is 0 Å². The van der Waals surface area contributed by atoms with Gasteiger partial charge in [-0.2, -0.15) is 0 Å². The zero-order valence-corrected chi connectivity index (χ0v) is 19.3. The number of para-hydroxylation sites is 1. The molecule has 2 aliphatic rings. The number of nitrogens with one attached hydrogen (secondary N) is 1. The fourth-order valence-electron chi connectivity index (χ4n) is 4.71. The van der Waals surface area contributed by atoms with Gasteiger partial charge in [-0.3, -0.25) is 4.31 Å². The summed E-state index contributed by atoms with van der Waals surface area (Å²) in [5, 5.41) is 5.86. The molecule has 0 aliphatic carbocycles. The Hall–Kier alpha value is -2.91. The fourth-order valence-corrected chi connectivity index (χ4v) is 6.35. The van der Waals surface area contributed by atoms with Gasteiger partial charge in [0.25, 0.3) is 0 Å². The molecule has 0 atom stereocenters. The molecule has 1 fully saturated rings. The van der Waals surface area contributed by atoms with E-state index in [2.05, 4.69) is 10.3 Å². The summed E-state index contributed by atoms with van der Waals surface area (Å²) in [5.74, 6) is 0. The Morgan fingerprint density at radius 2 is 1.81 bits per heavy atom. The molecule has 2 aromatic carbocycles. The lowest BCUT2D eigenvalue weighted by Crippen LogP contribution is -2.48. The van der Waals surface area contributed by atoms with Crippen LogP contribution in [0.3, 0.4) is 0 Å². The molecule has 0 bridgehead atoms. The molecule has 2 amide bonds. The van der Waals surface area contributed by atoms with Crippen LogP contribution in [0.4, 0.5) is 16.2 Å². The van der Waals surface area contributed by atoms with Gasteiger partial charge in [-0.1, -0.05) is 18.2 Å². The summed E-state index contributed by atoms with van der Waals surface area (Å²) in [4.78, 5) is 19.0. The third-order valence-electron chi connectivity index (χ3n) is 6.41. The molecule has 0 unspecified atom stereocenters. The second-order valence-electron chi connectivity index (χ2n) is 8.40. The number of nitrogens with zero attached hydrogens (tertiary/aromatic N) is 3. The second kappa shape index (κ2) is 7.90. The molecule has 0 radical (unpaired) electrons. The maximum atomic E-state index is 12.9. The number of aromatic nitrogens is 1. The van der Waals surface area contributed by atoms with Gasteiger partial charge in [-0.15, -0.1) is 11.3 Å². The van der Waals surface area contributed by atoms with Crippen LogP contribution in [0.25, 0.3) is 10.6 Å². The van der Waals surface area contributed by atoms with E-state index < -0.39 is 10.0 Å². The SMILES string of the molecule is CS(=O)(=O)N1CC2(CCN(C(=O)Nc3ccc(-c4nccs4)cc3)CC2)c2ccccc21. The number of fused-ring (bicyclic) bond motifs is 2. The van der Waals surface area contributed by atoms with Crippen molar-refractivity contribution in [2.45, 2.75) is 18.3 Å².